The molecule has 6 heteroatoms. The van der Waals surface area contributed by atoms with Crippen molar-refractivity contribution in [1.82, 2.24) is 15.3 Å². The van der Waals surface area contributed by atoms with Crippen molar-refractivity contribution in [2.45, 2.75) is 0 Å². The number of hydrogen-bond donors (Lipinski definition) is 4. The van der Waals surface area contributed by atoms with Crippen LogP contribution in [0.5, 0.6) is 0 Å². The van der Waals surface area contributed by atoms with E-state index in [1.807, 2.05) is 30.5 Å². The Morgan fingerprint density at radius 2 is 1.73 bits per heavy atom. The lowest BCUT2D eigenvalue weighted by Crippen LogP contribution is -2.44. The lowest BCUT2D eigenvalue weighted by Gasteiger charge is -2.29. The van der Waals surface area contributed by atoms with Gasteiger partial charge in [-0.3, -0.25) is 10.4 Å². The fraction of sp³-hybridized carbons (Fsp3) is 0.167. The van der Waals surface area contributed by atoms with Crippen molar-refractivity contribution in [2.24, 2.45) is 5.73 Å². The molecule has 0 spiro atoms. The molecule has 30 heavy (non-hydrogen) atoms. The maximum Gasteiger partial charge on any atom is 0.126 e. The average molecular weight is 396 g/mol. The molecule has 5 rings (SSSR count). The number of rotatable bonds is 4. The molecule has 0 bridgehead atoms. The molecule has 0 saturated carbocycles. The molecule has 3 heterocycles. The minimum Gasteiger partial charge on any atom is -0.384 e. The monoisotopic (exact) mass is 396 g/mol. The van der Waals surface area contributed by atoms with E-state index in [0.717, 1.165) is 70.8 Å². The van der Waals surface area contributed by atoms with Crippen molar-refractivity contribution in [3.8, 4) is 22.4 Å². The zero-order valence-corrected chi connectivity index (χ0v) is 16.7. The molecular formula is C24H24N6. The summed E-state index contributed by atoms with van der Waals surface area (Å²) in [6, 6.07) is 20.7. The van der Waals surface area contributed by atoms with Crippen molar-refractivity contribution >= 4 is 22.6 Å². The molecule has 0 atom stereocenters. The molecule has 150 valence electrons. The SMILES string of the molecule is N=C(N)c1cc(-c2cccc(-c3cnc4ccccc4c3)c2)[nH]c1N1CCNCC1. The summed E-state index contributed by atoms with van der Waals surface area (Å²) in [5.41, 5.74) is 11.9. The van der Waals surface area contributed by atoms with E-state index in [1.165, 1.54) is 0 Å². The largest absolute Gasteiger partial charge is 0.384 e. The number of fused-ring (bicyclic) bond motifs is 1. The summed E-state index contributed by atoms with van der Waals surface area (Å²) in [7, 11) is 0. The molecule has 0 amide bonds. The van der Waals surface area contributed by atoms with Crippen LogP contribution in [0.4, 0.5) is 5.82 Å². The van der Waals surface area contributed by atoms with Gasteiger partial charge in [0.25, 0.3) is 0 Å². The first kappa shape index (κ1) is 18.4. The second-order valence-corrected chi connectivity index (χ2v) is 7.59. The fourth-order valence-electron chi connectivity index (χ4n) is 4.04. The van der Waals surface area contributed by atoms with Crippen LogP contribution in [0.25, 0.3) is 33.3 Å². The van der Waals surface area contributed by atoms with Crippen LogP contribution >= 0.6 is 0 Å². The van der Waals surface area contributed by atoms with Gasteiger partial charge in [0.05, 0.1) is 11.1 Å². The molecule has 0 unspecified atom stereocenters. The summed E-state index contributed by atoms with van der Waals surface area (Å²) in [6.07, 6.45) is 1.92. The Morgan fingerprint density at radius 1 is 0.933 bits per heavy atom. The summed E-state index contributed by atoms with van der Waals surface area (Å²) >= 11 is 0. The fourth-order valence-corrected chi connectivity index (χ4v) is 4.04. The first-order chi connectivity index (χ1) is 14.7. The molecule has 5 N–H and O–H groups in total. The number of benzene rings is 2. The number of amidine groups is 1. The third-order valence-electron chi connectivity index (χ3n) is 5.62. The number of piperazine rings is 1. The number of pyridine rings is 1. The van der Waals surface area contributed by atoms with E-state index in [1.54, 1.807) is 0 Å². The topological polar surface area (TPSA) is 93.8 Å². The minimum absolute atomic E-state index is 0.0842. The van der Waals surface area contributed by atoms with Gasteiger partial charge in [-0.1, -0.05) is 36.4 Å². The number of aromatic amines is 1. The second-order valence-electron chi connectivity index (χ2n) is 7.59. The van der Waals surface area contributed by atoms with E-state index < -0.39 is 0 Å². The van der Waals surface area contributed by atoms with Gasteiger partial charge >= 0.3 is 0 Å². The lowest BCUT2D eigenvalue weighted by molar-refractivity contribution is 0.585. The summed E-state index contributed by atoms with van der Waals surface area (Å²) in [6.45, 7) is 3.64. The first-order valence-electron chi connectivity index (χ1n) is 10.2. The molecule has 1 fully saturated rings. The summed E-state index contributed by atoms with van der Waals surface area (Å²) in [4.78, 5) is 10.4. The van der Waals surface area contributed by atoms with Gasteiger partial charge in [0, 0.05) is 49.0 Å². The Bertz CT molecular complexity index is 1220. The summed E-state index contributed by atoms with van der Waals surface area (Å²) < 4.78 is 0. The standard InChI is InChI=1S/C24H24N6/c25-23(26)20-14-22(29-24(20)30-10-8-27-9-11-30)18-6-3-5-16(12-18)19-13-17-4-1-2-7-21(17)28-15-19/h1-7,12-15,27,29H,8-11H2,(H3,25,26). The number of aromatic nitrogens is 2. The Balaban J connectivity index is 1.54. The third kappa shape index (κ3) is 3.42. The summed E-state index contributed by atoms with van der Waals surface area (Å²) in [5, 5.41) is 12.5. The quantitative estimate of drug-likeness (QED) is 0.313. The molecule has 1 aliphatic rings. The molecule has 4 aromatic rings. The lowest BCUT2D eigenvalue weighted by atomic mass is 10.0. The predicted molar refractivity (Wildman–Crippen MR) is 123 cm³/mol. The number of H-pyrrole nitrogens is 1. The highest BCUT2D eigenvalue weighted by Gasteiger charge is 2.19. The van der Waals surface area contributed by atoms with E-state index in [2.05, 4.69) is 56.6 Å². The van der Waals surface area contributed by atoms with E-state index in [4.69, 9.17) is 11.1 Å². The smallest absolute Gasteiger partial charge is 0.126 e. The minimum atomic E-state index is 0.0842. The molecule has 1 aliphatic heterocycles. The van der Waals surface area contributed by atoms with E-state index in [9.17, 15) is 0 Å². The van der Waals surface area contributed by atoms with Gasteiger partial charge in [-0.05, 0) is 35.4 Å². The predicted octanol–water partition coefficient (Wildman–Crippen LogP) is 3.59. The Kier molecular flexibility index (Phi) is 4.69. The third-order valence-corrected chi connectivity index (χ3v) is 5.62. The van der Waals surface area contributed by atoms with Crippen molar-refractivity contribution in [3.05, 3.63) is 72.4 Å². The molecule has 0 radical (unpaired) electrons. The normalized spacial score (nSPS) is 14.2. The average Bonchev–Trinajstić information content (AvgIpc) is 3.25. The number of nitrogens with two attached hydrogens (primary N) is 1. The van der Waals surface area contributed by atoms with Crippen LogP contribution in [0.1, 0.15) is 5.56 Å². The maximum absolute atomic E-state index is 8.03. The Morgan fingerprint density at radius 3 is 2.57 bits per heavy atom. The Hall–Kier alpha value is -3.64. The molecule has 6 nitrogen and oxygen atoms in total. The number of nitrogen functional groups attached to an aromatic ring is 1. The molecule has 2 aromatic carbocycles. The van der Waals surface area contributed by atoms with E-state index in [0.29, 0.717) is 0 Å². The van der Waals surface area contributed by atoms with Crippen LogP contribution in [0.15, 0.2) is 66.9 Å². The van der Waals surface area contributed by atoms with Gasteiger partial charge in [-0.15, -0.1) is 0 Å². The highest BCUT2D eigenvalue weighted by atomic mass is 15.2. The highest BCUT2D eigenvalue weighted by Crippen LogP contribution is 2.31. The van der Waals surface area contributed by atoms with Crippen LogP contribution < -0.4 is 16.0 Å². The van der Waals surface area contributed by atoms with Crippen LogP contribution in [-0.4, -0.2) is 42.0 Å². The van der Waals surface area contributed by atoms with Crippen LogP contribution in [0.3, 0.4) is 0 Å². The van der Waals surface area contributed by atoms with Crippen molar-refractivity contribution < 1.29 is 0 Å². The van der Waals surface area contributed by atoms with Gasteiger partial charge in [-0.2, -0.15) is 0 Å². The van der Waals surface area contributed by atoms with Crippen molar-refractivity contribution in [3.63, 3.8) is 0 Å². The number of hydrogen-bond acceptors (Lipinski definition) is 4. The Labute approximate surface area is 175 Å². The highest BCUT2D eigenvalue weighted by molar-refractivity contribution is 6.01. The zero-order chi connectivity index (χ0) is 20.5. The number of nitrogens with zero attached hydrogens (tertiary/aromatic N) is 2. The van der Waals surface area contributed by atoms with Gasteiger partial charge in [-0.25, -0.2) is 0 Å². The molecule has 0 aliphatic carbocycles. The maximum atomic E-state index is 8.03. The molecular weight excluding hydrogens is 372 g/mol. The molecule has 1 saturated heterocycles. The number of para-hydroxylation sites is 1. The zero-order valence-electron chi connectivity index (χ0n) is 16.7. The first-order valence-corrected chi connectivity index (χ1v) is 10.2. The van der Waals surface area contributed by atoms with Crippen LogP contribution in [-0.2, 0) is 0 Å². The van der Waals surface area contributed by atoms with E-state index >= 15 is 0 Å². The van der Waals surface area contributed by atoms with Gasteiger partial charge < -0.3 is 20.9 Å². The van der Waals surface area contributed by atoms with Gasteiger partial charge in [0.2, 0.25) is 0 Å². The molecule has 2 aromatic heterocycles. The second kappa shape index (κ2) is 7.65. The van der Waals surface area contributed by atoms with Gasteiger partial charge in [0.15, 0.2) is 0 Å². The van der Waals surface area contributed by atoms with Crippen molar-refractivity contribution in [1.29, 1.82) is 5.41 Å². The van der Waals surface area contributed by atoms with E-state index in [-0.39, 0.29) is 5.84 Å². The van der Waals surface area contributed by atoms with Gasteiger partial charge in [0.1, 0.15) is 11.7 Å². The van der Waals surface area contributed by atoms with Crippen LogP contribution in [0.2, 0.25) is 0 Å². The summed E-state index contributed by atoms with van der Waals surface area (Å²) in [5.74, 6) is 1.01. The number of anilines is 1. The number of nitrogens with one attached hydrogen (secondary N) is 3. The van der Waals surface area contributed by atoms with Crippen LogP contribution in [0, 0.1) is 5.41 Å². The van der Waals surface area contributed by atoms with Crippen molar-refractivity contribution in [2.75, 3.05) is 31.1 Å².